The average Bonchev–Trinajstić information content (AvgIpc) is 2.69. The maximum absolute atomic E-state index is 12.7. The molecule has 1 aromatic rings. The Morgan fingerprint density at radius 1 is 1.10 bits per heavy atom. The maximum Gasteiger partial charge on any atom is 0.251 e. The number of morpholine rings is 1. The predicted octanol–water partition coefficient (Wildman–Crippen LogP) is 2.58. The molecule has 0 bridgehead atoms. The molecule has 162 valence electrons. The molecule has 2 N–H and O–H groups in total. The summed E-state index contributed by atoms with van der Waals surface area (Å²) in [4.78, 5) is 27.6. The van der Waals surface area contributed by atoms with Crippen molar-refractivity contribution in [3.05, 3.63) is 35.4 Å². The zero-order valence-corrected chi connectivity index (χ0v) is 18.6. The molecule has 1 heterocycles. The monoisotopic (exact) mass is 403 g/mol. The number of nitrogens with zero attached hydrogens (tertiary/aromatic N) is 1. The van der Waals surface area contributed by atoms with Gasteiger partial charge in [0.2, 0.25) is 5.91 Å². The SMILES string of the molecule is CC(C)C(NC(=O)c1ccc(C(C)(C)C)cc1)C(=O)NCCCN1CCOCC1. The van der Waals surface area contributed by atoms with Crippen molar-refractivity contribution in [2.24, 2.45) is 5.92 Å². The largest absolute Gasteiger partial charge is 0.379 e. The van der Waals surface area contributed by atoms with Crippen molar-refractivity contribution < 1.29 is 14.3 Å². The van der Waals surface area contributed by atoms with Crippen LogP contribution in [0.15, 0.2) is 24.3 Å². The van der Waals surface area contributed by atoms with Gasteiger partial charge in [0.25, 0.3) is 5.91 Å². The van der Waals surface area contributed by atoms with E-state index in [1.807, 2.05) is 38.1 Å². The minimum atomic E-state index is -0.548. The lowest BCUT2D eigenvalue weighted by Crippen LogP contribution is -2.50. The number of carbonyl (C=O) groups is 2. The van der Waals surface area contributed by atoms with Crippen LogP contribution in [-0.4, -0.2) is 62.1 Å². The van der Waals surface area contributed by atoms with Gasteiger partial charge in [-0.25, -0.2) is 0 Å². The molecule has 1 aromatic carbocycles. The highest BCUT2D eigenvalue weighted by Gasteiger charge is 2.24. The molecular formula is C23H37N3O3. The van der Waals surface area contributed by atoms with Crippen molar-refractivity contribution >= 4 is 11.8 Å². The van der Waals surface area contributed by atoms with E-state index in [4.69, 9.17) is 4.74 Å². The van der Waals surface area contributed by atoms with E-state index in [0.717, 1.165) is 39.3 Å². The number of hydrogen-bond acceptors (Lipinski definition) is 4. The van der Waals surface area contributed by atoms with Gasteiger partial charge in [-0.1, -0.05) is 46.8 Å². The summed E-state index contributed by atoms with van der Waals surface area (Å²) < 4.78 is 5.35. The highest BCUT2D eigenvalue weighted by atomic mass is 16.5. The first-order valence-corrected chi connectivity index (χ1v) is 10.7. The first-order valence-electron chi connectivity index (χ1n) is 10.7. The van der Waals surface area contributed by atoms with Gasteiger partial charge in [0.15, 0.2) is 0 Å². The van der Waals surface area contributed by atoms with Crippen molar-refractivity contribution in [2.75, 3.05) is 39.4 Å². The lowest BCUT2D eigenvalue weighted by Gasteiger charge is -2.26. The van der Waals surface area contributed by atoms with E-state index in [-0.39, 0.29) is 23.1 Å². The van der Waals surface area contributed by atoms with Gasteiger partial charge in [-0.2, -0.15) is 0 Å². The van der Waals surface area contributed by atoms with E-state index in [1.54, 1.807) is 0 Å². The molecule has 6 nitrogen and oxygen atoms in total. The van der Waals surface area contributed by atoms with Gasteiger partial charge in [0.05, 0.1) is 13.2 Å². The smallest absolute Gasteiger partial charge is 0.251 e. The molecule has 1 saturated heterocycles. The van der Waals surface area contributed by atoms with Gasteiger partial charge in [-0.3, -0.25) is 14.5 Å². The van der Waals surface area contributed by atoms with Crippen LogP contribution >= 0.6 is 0 Å². The lowest BCUT2D eigenvalue weighted by atomic mass is 9.86. The average molecular weight is 404 g/mol. The minimum absolute atomic E-state index is 0.00652. The Hall–Kier alpha value is -1.92. The summed E-state index contributed by atoms with van der Waals surface area (Å²) in [6, 6.07) is 7.06. The van der Waals surface area contributed by atoms with E-state index in [9.17, 15) is 9.59 Å². The quantitative estimate of drug-likeness (QED) is 0.655. The summed E-state index contributed by atoms with van der Waals surface area (Å²) in [5.74, 6) is -0.332. The Balaban J connectivity index is 1.84. The molecule has 0 saturated carbocycles. The van der Waals surface area contributed by atoms with Crippen molar-refractivity contribution in [1.82, 2.24) is 15.5 Å². The molecular weight excluding hydrogens is 366 g/mol. The Morgan fingerprint density at radius 3 is 2.28 bits per heavy atom. The predicted molar refractivity (Wildman–Crippen MR) is 116 cm³/mol. The molecule has 0 aliphatic carbocycles. The second-order valence-electron chi connectivity index (χ2n) is 9.12. The minimum Gasteiger partial charge on any atom is -0.379 e. The normalized spacial score (nSPS) is 16.5. The van der Waals surface area contributed by atoms with Gasteiger partial charge in [-0.15, -0.1) is 0 Å². The molecule has 1 aliphatic heterocycles. The topological polar surface area (TPSA) is 70.7 Å². The van der Waals surface area contributed by atoms with Crippen LogP contribution in [-0.2, 0) is 14.9 Å². The third-order valence-electron chi connectivity index (χ3n) is 5.30. The van der Waals surface area contributed by atoms with E-state index in [2.05, 4.69) is 36.3 Å². The summed E-state index contributed by atoms with van der Waals surface area (Å²) in [6.07, 6.45) is 0.888. The van der Waals surface area contributed by atoms with Crippen LogP contribution in [0.3, 0.4) is 0 Å². The first-order chi connectivity index (χ1) is 13.7. The van der Waals surface area contributed by atoms with Crippen molar-refractivity contribution in [3.63, 3.8) is 0 Å². The molecule has 1 atom stereocenters. The second-order valence-corrected chi connectivity index (χ2v) is 9.12. The van der Waals surface area contributed by atoms with Gasteiger partial charge in [-0.05, 0) is 42.0 Å². The number of nitrogens with one attached hydrogen (secondary N) is 2. The Kier molecular flexibility index (Phi) is 8.65. The maximum atomic E-state index is 12.7. The summed E-state index contributed by atoms with van der Waals surface area (Å²) in [5.41, 5.74) is 1.78. The highest BCUT2D eigenvalue weighted by molar-refractivity contribution is 5.97. The number of benzene rings is 1. The Bertz CT molecular complexity index is 659. The molecule has 1 aliphatic rings. The van der Waals surface area contributed by atoms with E-state index >= 15 is 0 Å². The fourth-order valence-electron chi connectivity index (χ4n) is 3.33. The standard InChI is InChI=1S/C23H37N3O3/c1-17(2)20(22(28)24-11-6-12-26-13-15-29-16-14-26)25-21(27)18-7-9-19(10-8-18)23(3,4)5/h7-10,17,20H,6,11-16H2,1-5H3,(H,24,28)(H,25,27). The van der Waals surface area contributed by atoms with E-state index in [0.29, 0.717) is 12.1 Å². The number of carbonyl (C=O) groups excluding carboxylic acids is 2. The van der Waals surface area contributed by atoms with Crippen LogP contribution in [0.2, 0.25) is 0 Å². The molecule has 6 heteroatoms. The molecule has 0 radical (unpaired) electrons. The van der Waals surface area contributed by atoms with Gasteiger partial charge < -0.3 is 15.4 Å². The molecule has 1 unspecified atom stereocenters. The fraction of sp³-hybridized carbons (Fsp3) is 0.652. The third kappa shape index (κ3) is 7.44. The summed E-state index contributed by atoms with van der Waals surface area (Å²) in [7, 11) is 0. The first kappa shape index (κ1) is 23.4. The molecule has 1 fully saturated rings. The van der Waals surface area contributed by atoms with Crippen molar-refractivity contribution in [2.45, 2.75) is 52.5 Å². The number of ether oxygens (including phenoxy) is 1. The summed E-state index contributed by atoms with van der Waals surface area (Å²) >= 11 is 0. The van der Waals surface area contributed by atoms with Gasteiger partial charge >= 0.3 is 0 Å². The van der Waals surface area contributed by atoms with E-state index in [1.165, 1.54) is 5.56 Å². The fourth-order valence-corrected chi connectivity index (χ4v) is 3.33. The van der Waals surface area contributed by atoms with Crippen LogP contribution in [0.25, 0.3) is 0 Å². The zero-order chi connectivity index (χ0) is 21.4. The summed E-state index contributed by atoms with van der Waals surface area (Å²) in [5, 5.41) is 5.88. The number of hydrogen-bond donors (Lipinski definition) is 2. The number of amides is 2. The van der Waals surface area contributed by atoms with Crippen LogP contribution in [0, 0.1) is 5.92 Å². The van der Waals surface area contributed by atoms with Crippen LogP contribution < -0.4 is 10.6 Å². The zero-order valence-electron chi connectivity index (χ0n) is 18.6. The molecule has 2 amide bonds. The Morgan fingerprint density at radius 2 is 1.72 bits per heavy atom. The number of rotatable bonds is 8. The van der Waals surface area contributed by atoms with Crippen LogP contribution in [0.5, 0.6) is 0 Å². The van der Waals surface area contributed by atoms with Gasteiger partial charge in [0.1, 0.15) is 6.04 Å². The molecule has 0 spiro atoms. The van der Waals surface area contributed by atoms with Gasteiger partial charge in [0, 0.05) is 25.2 Å². The van der Waals surface area contributed by atoms with Crippen LogP contribution in [0.4, 0.5) is 0 Å². The lowest BCUT2D eigenvalue weighted by molar-refractivity contribution is -0.123. The Labute approximate surface area is 175 Å². The van der Waals surface area contributed by atoms with Crippen molar-refractivity contribution in [1.29, 1.82) is 0 Å². The van der Waals surface area contributed by atoms with Crippen molar-refractivity contribution in [3.8, 4) is 0 Å². The van der Waals surface area contributed by atoms with E-state index < -0.39 is 6.04 Å². The highest BCUT2D eigenvalue weighted by Crippen LogP contribution is 2.22. The summed E-state index contributed by atoms with van der Waals surface area (Å²) in [6.45, 7) is 15.3. The molecule has 29 heavy (non-hydrogen) atoms. The third-order valence-corrected chi connectivity index (χ3v) is 5.30. The molecule has 0 aromatic heterocycles. The second kappa shape index (κ2) is 10.7. The van der Waals surface area contributed by atoms with Crippen LogP contribution in [0.1, 0.15) is 57.0 Å². The molecule has 2 rings (SSSR count).